The van der Waals surface area contributed by atoms with Crippen molar-refractivity contribution in [1.29, 1.82) is 0 Å². The van der Waals surface area contributed by atoms with Crippen LogP contribution in [0.1, 0.15) is 56.4 Å². The number of thioether (sulfide) groups is 1. The minimum absolute atomic E-state index is 0.0335. The van der Waals surface area contributed by atoms with Crippen LogP contribution < -0.4 is 5.32 Å². The number of benzene rings is 1. The molecule has 1 aromatic carbocycles. The lowest BCUT2D eigenvalue weighted by Gasteiger charge is -2.41. The maximum Gasteiger partial charge on any atom is 0.126 e. The average molecular weight is 307 g/mol. The number of hydrogen-bond acceptors (Lipinski definition) is 2. The van der Waals surface area contributed by atoms with E-state index in [1.807, 2.05) is 23.9 Å². The summed E-state index contributed by atoms with van der Waals surface area (Å²) < 4.78 is 14.2. The zero-order chi connectivity index (χ0) is 14.7. The Bertz CT molecular complexity index is 464. The molecule has 1 aromatic rings. The quantitative estimate of drug-likeness (QED) is 0.844. The summed E-state index contributed by atoms with van der Waals surface area (Å²) in [7, 11) is 0. The van der Waals surface area contributed by atoms with Crippen LogP contribution in [0.4, 0.5) is 4.39 Å². The Morgan fingerprint density at radius 3 is 2.57 bits per heavy atom. The van der Waals surface area contributed by atoms with Crippen molar-refractivity contribution in [2.24, 2.45) is 0 Å². The molecule has 2 aliphatic rings. The first kappa shape index (κ1) is 15.4. The summed E-state index contributed by atoms with van der Waals surface area (Å²) in [4.78, 5) is 0. The molecule has 0 heterocycles. The van der Waals surface area contributed by atoms with Gasteiger partial charge >= 0.3 is 0 Å². The van der Waals surface area contributed by atoms with Gasteiger partial charge in [0.1, 0.15) is 5.82 Å². The summed E-state index contributed by atoms with van der Waals surface area (Å²) in [6.07, 6.45) is 11.3. The minimum atomic E-state index is -0.0335. The van der Waals surface area contributed by atoms with Crippen molar-refractivity contribution in [3.05, 3.63) is 35.6 Å². The number of hydrogen-bond donors (Lipinski definition) is 1. The van der Waals surface area contributed by atoms with Crippen LogP contribution in [0.5, 0.6) is 0 Å². The van der Waals surface area contributed by atoms with E-state index in [4.69, 9.17) is 0 Å². The molecule has 2 saturated carbocycles. The van der Waals surface area contributed by atoms with Gasteiger partial charge in [-0.25, -0.2) is 4.39 Å². The molecule has 0 bridgehead atoms. The molecule has 0 aromatic heterocycles. The highest BCUT2D eigenvalue weighted by Crippen LogP contribution is 2.41. The second kappa shape index (κ2) is 6.70. The lowest BCUT2D eigenvalue weighted by Crippen LogP contribution is -2.47. The van der Waals surface area contributed by atoms with Gasteiger partial charge < -0.3 is 5.32 Å². The molecule has 1 nitrogen and oxygen atoms in total. The van der Waals surface area contributed by atoms with Gasteiger partial charge in [0.25, 0.3) is 0 Å². The molecule has 0 atom stereocenters. The molecule has 0 amide bonds. The highest BCUT2D eigenvalue weighted by atomic mass is 32.2. The van der Waals surface area contributed by atoms with E-state index in [0.717, 1.165) is 24.9 Å². The SMILES string of the molecule is CSC1(CNC2CC(c3ccccc3F)C2)CCCCC1. The maximum absolute atomic E-state index is 13.8. The summed E-state index contributed by atoms with van der Waals surface area (Å²) in [6.45, 7) is 1.13. The van der Waals surface area contributed by atoms with E-state index in [0.29, 0.717) is 16.7 Å². The molecule has 0 radical (unpaired) electrons. The molecule has 1 N–H and O–H groups in total. The van der Waals surface area contributed by atoms with E-state index in [2.05, 4.69) is 11.6 Å². The Labute approximate surface area is 132 Å². The maximum atomic E-state index is 13.8. The molecule has 3 heteroatoms. The molecule has 2 fully saturated rings. The van der Waals surface area contributed by atoms with Gasteiger partial charge in [-0.2, -0.15) is 11.8 Å². The second-order valence-electron chi connectivity index (χ2n) is 6.72. The van der Waals surface area contributed by atoms with Gasteiger partial charge in [-0.3, -0.25) is 0 Å². The summed E-state index contributed by atoms with van der Waals surface area (Å²) in [5, 5.41) is 3.76. The fourth-order valence-electron chi connectivity index (χ4n) is 3.82. The van der Waals surface area contributed by atoms with Crippen molar-refractivity contribution in [3.63, 3.8) is 0 Å². The van der Waals surface area contributed by atoms with Crippen molar-refractivity contribution < 1.29 is 4.39 Å². The first-order valence-corrected chi connectivity index (χ1v) is 9.48. The second-order valence-corrected chi connectivity index (χ2v) is 7.99. The van der Waals surface area contributed by atoms with Gasteiger partial charge in [-0.15, -0.1) is 0 Å². The first-order chi connectivity index (χ1) is 10.2. The summed E-state index contributed by atoms with van der Waals surface area (Å²) in [5.41, 5.74) is 0.910. The Hall–Kier alpha value is -0.540. The van der Waals surface area contributed by atoms with Crippen molar-refractivity contribution in [1.82, 2.24) is 5.32 Å². The van der Waals surface area contributed by atoms with Crippen LogP contribution in [0.2, 0.25) is 0 Å². The van der Waals surface area contributed by atoms with Gasteiger partial charge in [0.05, 0.1) is 0 Å². The summed E-state index contributed by atoms with van der Waals surface area (Å²) in [6, 6.07) is 7.84. The van der Waals surface area contributed by atoms with Gasteiger partial charge in [-0.05, 0) is 49.5 Å². The van der Waals surface area contributed by atoms with Crippen molar-refractivity contribution >= 4 is 11.8 Å². The Kier molecular flexibility index (Phi) is 4.90. The van der Waals surface area contributed by atoms with Crippen LogP contribution in [0.15, 0.2) is 24.3 Å². The molecule has 0 spiro atoms. The van der Waals surface area contributed by atoms with E-state index in [1.54, 1.807) is 12.1 Å². The van der Waals surface area contributed by atoms with Crippen LogP contribution in [0, 0.1) is 5.82 Å². The molecule has 0 unspecified atom stereocenters. The first-order valence-electron chi connectivity index (χ1n) is 8.25. The third-order valence-corrected chi connectivity index (χ3v) is 6.81. The highest BCUT2D eigenvalue weighted by molar-refractivity contribution is 8.00. The normalized spacial score (nSPS) is 28.1. The van der Waals surface area contributed by atoms with E-state index in [1.165, 1.54) is 32.1 Å². The third-order valence-electron chi connectivity index (χ3n) is 5.39. The molecule has 0 saturated heterocycles. The van der Waals surface area contributed by atoms with Crippen LogP contribution in [-0.2, 0) is 0 Å². The van der Waals surface area contributed by atoms with Gasteiger partial charge in [-0.1, -0.05) is 37.5 Å². The van der Waals surface area contributed by atoms with Crippen molar-refractivity contribution in [2.75, 3.05) is 12.8 Å². The van der Waals surface area contributed by atoms with E-state index >= 15 is 0 Å². The van der Waals surface area contributed by atoms with Gasteiger partial charge in [0.2, 0.25) is 0 Å². The number of rotatable bonds is 5. The molecule has 21 heavy (non-hydrogen) atoms. The van der Waals surface area contributed by atoms with E-state index in [9.17, 15) is 4.39 Å². The van der Waals surface area contributed by atoms with Crippen LogP contribution in [0.25, 0.3) is 0 Å². The van der Waals surface area contributed by atoms with Crippen LogP contribution in [0.3, 0.4) is 0 Å². The molecular formula is C18H26FNS. The summed E-state index contributed by atoms with van der Waals surface area (Å²) in [5.74, 6) is 0.383. The van der Waals surface area contributed by atoms with E-state index < -0.39 is 0 Å². The topological polar surface area (TPSA) is 12.0 Å². The van der Waals surface area contributed by atoms with Crippen LogP contribution in [-0.4, -0.2) is 23.6 Å². The zero-order valence-corrected chi connectivity index (χ0v) is 13.7. The zero-order valence-electron chi connectivity index (χ0n) is 12.9. The van der Waals surface area contributed by atoms with Gasteiger partial charge in [0, 0.05) is 17.3 Å². The molecule has 3 rings (SSSR count). The van der Waals surface area contributed by atoms with Crippen LogP contribution >= 0.6 is 11.8 Å². The predicted octanol–water partition coefficient (Wildman–Crippen LogP) is 4.73. The number of halogens is 1. The fraction of sp³-hybridized carbons (Fsp3) is 0.667. The lowest BCUT2D eigenvalue weighted by atomic mass is 9.75. The van der Waals surface area contributed by atoms with E-state index in [-0.39, 0.29) is 5.82 Å². The monoisotopic (exact) mass is 307 g/mol. The standard InChI is InChI=1S/C18H26FNS/c1-21-18(9-5-2-6-10-18)13-20-15-11-14(12-15)16-7-3-4-8-17(16)19/h3-4,7-8,14-15,20H,2,5-6,9-13H2,1H3. The molecule has 0 aliphatic heterocycles. The van der Waals surface area contributed by atoms with Crippen molar-refractivity contribution in [3.8, 4) is 0 Å². The van der Waals surface area contributed by atoms with Gasteiger partial charge in [0.15, 0.2) is 0 Å². The third kappa shape index (κ3) is 3.45. The number of nitrogens with one attached hydrogen (secondary N) is 1. The Balaban J connectivity index is 1.48. The highest BCUT2D eigenvalue weighted by Gasteiger charge is 2.35. The van der Waals surface area contributed by atoms with Crippen molar-refractivity contribution in [2.45, 2.75) is 61.7 Å². The Morgan fingerprint density at radius 2 is 1.90 bits per heavy atom. The summed E-state index contributed by atoms with van der Waals surface area (Å²) >= 11 is 2.05. The predicted molar refractivity (Wildman–Crippen MR) is 89.5 cm³/mol. The average Bonchev–Trinajstić information content (AvgIpc) is 2.48. The largest absolute Gasteiger partial charge is 0.313 e. The minimum Gasteiger partial charge on any atom is -0.313 e. The molecule has 2 aliphatic carbocycles. The Morgan fingerprint density at radius 1 is 1.19 bits per heavy atom. The lowest BCUT2D eigenvalue weighted by molar-refractivity contribution is 0.264. The fourth-order valence-corrected chi connectivity index (χ4v) is 4.75. The smallest absolute Gasteiger partial charge is 0.126 e. The molecular weight excluding hydrogens is 281 g/mol. The molecule has 116 valence electrons.